The molecule has 1 aromatic rings. The van der Waals surface area contributed by atoms with E-state index in [9.17, 15) is 14.4 Å². The van der Waals surface area contributed by atoms with Crippen molar-refractivity contribution < 1.29 is 23.9 Å². The molecule has 0 aromatic heterocycles. The summed E-state index contributed by atoms with van der Waals surface area (Å²) in [6.07, 6.45) is 10.2. The SMILES string of the molecule is CC(C)c1ccc(NC(=O)[C@H]2[C@H]3C=C[C@]4(O3)[C@H](C(=O)NC3CCCCC3)N(C[C@H]3CCCO3)C(=O)[C@@H]24)cc1. The number of hydrogen-bond donors (Lipinski definition) is 2. The molecule has 0 radical (unpaired) electrons. The number of amides is 3. The van der Waals surface area contributed by atoms with Crippen LogP contribution in [0, 0.1) is 11.8 Å². The summed E-state index contributed by atoms with van der Waals surface area (Å²) in [4.78, 5) is 43.2. The highest BCUT2D eigenvalue weighted by Crippen LogP contribution is 2.55. The number of ether oxygens (including phenoxy) is 2. The van der Waals surface area contributed by atoms with Crippen molar-refractivity contribution in [3.63, 3.8) is 0 Å². The van der Waals surface area contributed by atoms with Crippen LogP contribution >= 0.6 is 0 Å². The molecule has 1 saturated carbocycles. The molecule has 1 spiro atoms. The monoisotopic (exact) mass is 521 g/mol. The number of carbonyl (C=O) groups excluding carboxylic acids is 3. The summed E-state index contributed by atoms with van der Waals surface area (Å²) in [7, 11) is 0. The van der Waals surface area contributed by atoms with Crippen LogP contribution in [-0.4, -0.2) is 65.7 Å². The Morgan fingerprint density at radius 1 is 1.05 bits per heavy atom. The average molecular weight is 522 g/mol. The van der Waals surface area contributed by atoms with E-state index in [4.69, 9.17) is 9.47 Å². The predicted molar refractivity (Wildman–Crippen MR) is 142 cm³/mol. The van der Waals surface area contributed by atoms with Crippen molar-refractivity contribution in [3.05, 3.63) is 42.0 Å². The first-order chi connectivity index (χ1) is 18.4. The summed E-state index contributed by atoms with van der Waals surface area (Å²) in [5, 5.41) is 6.25. The van der Waals surface area contributed by atoms with Crippen molar-refractivity contribution in [2.24, 2.45) is 11.8 Å². The van der Waals surface area contributed by atoms with Crippen LogP contribution in [0.1, 0.15) is 70.3 Å². The minimum Gasteiger partial charge on any atom is -0.376 e. The van der Waals surface area contributed by atoms with E-state index < -0.39 is 29.6 Å². The maximum Gasteiger partial charge on any atom is 0.246 e. The van der Waals surface area contributed by atoms with Crippen LogP contribution in [0.15, 0.2) is 36.4 Å². The van der Waals surface area contributed by atoms with Gasteiger partial charge in [-0.3, -0.25) is 14.4 Å². The number of rotatable bonds is 7. The predicted octanol–water partition coefficient (Wildman–Crippen LogP) is 3.53. The third-order valence-corrected chi connectivity index (χ3v) is 9.15. The van der Waals surface area contributed by atoms with Crippen LogP contribution in [0.3, 0.4) is 0 Å². The molecule has 204 valence electrons. The molecule has 6 atom stereocenters. The first kappa shape index (κ1) is 25.6. The van der Waals surface area contributed by atoms with Gasteiger partial charge in [-0.2, -0.15) is 0 Å². The van der Waals surface area contributed by atoms with Gasteiger partial charge in [0, 0.05) is 24.9 Å². The lowest BCUT2D eigenvalue weighted by Crippen LogP contribution is -2.57. The molecule has 0 unspecified atom stereocenters. The quantitative estimate of drug-likeness (QED) is 0.535. The third kappa shape index (κ3) is 4.35. The van der Waals surface area contributed by atoms with E-state index in [0.29, 0.717) is 24.8 Å². The zero-order chi connectivity index (χ0) is 26.4. The van der Waals surface area contributed by atoms with Crippen LogP contribution in [0.5, 0.6) is 0 Å². The Bertz CT molecular complexity index is 1110. The van der Waals surface area contributed by atoms with E-state index >= 15 is 0 Å². The molecule has 5 aliphatic rings. The Kier molecular flexibility index (Phi) is 6.80. The zero-order valence-corrected chi connectivity index (χ0v) is 22.4. The van der Waals surface area contributed by atoms with Crippen molar-refractivity contribution in [3.8, 4) is 0 Å². The summed E-state index contributed by atoms with van der Waals surface area (Å²) >= 11 is 0. The Morgan fingerprint density at radius 2 is 1.82 bits per heavy atom. The molecule has 8 heteroatoms. The minimum absolute atomic E-state index is 0.105. The molecule has 2 bridgehead atoms. The van der Waals surface area contributed by atoms with Crippen molar-refractivity contribution in [1.82, 2.24) is 10.2 Å². The second kappa shape index (κ2) is 10.1. The molecule has 2 N–H and O–H groups in total. The maximum absolute atomic E-state index is 14.0. The molecule has 1 aliphatic carbocycles. The Labute approximate surface area is 224 Å². The summed E-state index contributed by atoms with van der Waals surface area (Å²) in [6, 6.07) is 7.11. The third-order valence-electron chi connectivity index (χ3n) is 9.15. The molecule has 4 heterocycles. The molecule has 3 saturated heterocycles. The molecule has 4 aliphatic heterocycles. The lowest BCUT2D eigenvalue weighted by atomic mass is 9.74. The second-order valence-electron chi connectivity index (χ2n) is 11.9. The van der Waals surface area contributed by atoms with Gasteiger partial charge in [0.1, 0.15) is 11.6 Å². The number of likely N-dealkylation sites (tertiary alicyclic amines) is 1. The number of fused-ring (bicyclic) bond motifs is 1. The summed E-state index contributed by atoms with van der Waals surface area (Å²) < 4.78 is 12.3. The van der Waals surface area contributed by atoms with E-state index in [1.807, 2.05) is 36.4 Å². The minimum atomic E-state index is -1.14. The van der Waals surface area contributed by atoms with Gasteiger partial charge in [-0.25, -0.2) is 0 Å². The van der Waals surface area contributed by atoms with E-state index in [-0.39, 0.29) is 29.9 Å². The summed E-state index contributed by atoms with van der Waals surface area (Å²) in [6.45, 7) is 5.26. The van der Waals surface area contributed by atoms with Crippen molar-refractivity contribution in [2.75, 3.05) is 18.5 Å². The van der Waals surface area contributed by atoms with Gasteiger partial charge in [0.15, 0.2) is 0 Å². The standard InChI is InChI=1S/C30H39N3O5/c1-18(2)19-10-12-21(13-11-19)31-27(34)24-23-14-15-30(38-23)25(24)29(36)33(17-22-9-6-16-37-22)26(30)28(35)32-20-7-4-3-5-8-20/h10-15,18,20,22-26H,3-9,16-17H2,1-2H3,(H,31,34)(H,32,35)/t22-,23-,24+,25-,26+,30-/m1/s1. The number of nitrogens with one attached hydrogen (secondary N) is 2. The van der Waals surface area contributed by atoms with Crippen molar-refractivity contribution in [1.29, 1.82) is 0 Å². The summed E-state index contributed by atoms with van der Waals surface area (Å²) in [5.41, 5.74) is 0.743. The molecular weight excluding hydrogens is 482 g/mol. The highest BCUT2D eigenvalue weighted by molar-refractivity contribution is 6.02. The van der Waals surface area contributed by atoms with Gasteiger partial charge in [0.2, 0.25) is 17.7 Å². The fourth-order valence-electron chi connectivity index (χ4n) is 7.18. The normalized spacial score (nSPS) is 34.2. The molecule has 8 nitrogen and oxygen atoms in total. The molecule has 4 fully saturated rings. The first-order valence-electron chi connectivity index (χ1n) is 14.4. The fraction of sp³-hybridized carbons (Fsp3) is 0.633. The molecular formula is C30H39N3O5. The number of nitrogens with zero attached hydrogens (tertiary/aromatic N) is 1. The van der Waals surface area contributed by atoms with Gasteiger partial charge in [-0.05, 0) is 49.3 Å². The lowest BCUT2D eigenvalue weighted by molar-refractivity contribution is -0.143. The average Bonchev–Trinajstić information content (AvgIpc) is 3.68. The van der Waals surface area contributed by atoms with Crippen LogP contribution in [0.4, 0.5) is 5.69 Å². The first-order valence-corrected chi connectivity index (χ1v) is 14.4. The smallest absolute Gasteiger partial charge is 0.246 e. The van der Waals surface area contributed by atoms with Gasteiger partial charge in [-0.15, -0.1) is 0 Å². The highest BCUT2D eigenvalue weighted by Gasteiger charge is 2.73. The van der Waals surface area contributed by atoms with Gasteiger partial charge >= 0.3 is 0 Å². The van der Waals surface area contributed by atoms with E-state index in [0.717, 1.165) is 38.5 Å². The van der Waals surface area contributed by atoms with Crippen LogP contribution < -0.4 is 10.6 Å². The second-order valence-corrected chi connectivity index (χ2v) is 11.9. The van der Waals surface area contributed by atoms with Crippen LogP contribution in [0.2, 0.25) is 0 Å². The van der Waals surface area contributed by atoms with E-state index in [2.05, 4.69) is 24.5 Å². The fourth-order valence-corrected chi connectivity index (χ4v) is 7.18. The number of carbonyl (C=O) groups is 3. The molecule has 1 aromatic carbocycles. The van der Waals surface area contributed by atoms with Gasteiger partial charge < -0.3 is 25.0 Å². The number of anilines is 1. The molecule has 38 heavy (non-hydrogen) atoms. The van der Waals surface area contributed by atoms with Crippen LogP contribution in [-0.2, 0) is 23.9 Å². The Hall–Kier alpha value is -2.71. The number of benzene rings is 1. The van der Waals surface area contributed by atoms with Gasteiger partial charge in [0.25, 0.3) is 0 Å². The Balaban J connectivity index is 1.27. The lowest BCUT2D eigenvalue weighted by Gasteiger charge is -2.34. The van der Waals surface area contributed by atoms with E-state index in [1.165, 1.54) is 12.0 Å². The Morgan fingerprint density at radius 3 is 2.50 bits per heavy atom. The highest BCUT2D eigenvalue weighted by atomic mass is 16.5. The van der Waals surface area contributed by atoms with Crippen molar-refractivity contribution in [2.45, 2.75) is 94.6 Å². The molecule has 3 amide bonds. The summed E-state index contributed by atoms with van der Waals surface area (Å²) in [5.74, 6) is -1.66. The maximum atomic E-state index is 14.0. The van der Waals surface area contributed by atoms with E-state index in [1.54, 1.807) is 4.90 Å². The van der Waals surface area contributed by atoms with Crippen LogP contribution in [0.25, 0.3) is 0 Å². The molecule has 6 rings (SSSR count). The van der Waals surface area contributed by atoms with Crippen molar-refractivity contribution >= 4 is 23.4 Å². The van der Waals surface area contributed by atoms with Gasteiger partial charge in [-0.1, -0.05) is 57.4 Å². The largest absolute Gasteiger partial charge is 0.376 e. The zero-order valence-electron chi connectivity index (χ0n) is 22.4. The topological polar surface area (TPSA) is 97.0 Å². The number of hydrogen-bond acceptors (Lipinski definition) is 5. The van der Waals surface area contributed by atoms with Gasteiger partial charge in [0.05, 0.1) is 24.0 Å².